The van der Waals surface area contributed by atoms with Crippen LogP contribution in [0.1, 0.15) is 26.3 Å². The smallest absolute Gasteiger partial charge is 0.251 e. The number of amides is 2. The average molecular weight is 437 g/mol. The van der Waals surface area contributed by atoms with E-state index in [1.807, 2.05) is 0 Å². The van der Waals surface area contributed by atoms with E-state index in [0.717, 1.165) is 0 Å². The van der Waals surface area contributed by atoms with Gasteiger partial charge in [-0.3, -0.25) is 19.4 Å². The Morgan fingerprint density at radius 2 is 1.75 bits per heavy atom. The number of hydrogen-bond acceptors (Lipinski definition) is 6. The van der Waals surface area contributed by atoms with Crippen molar-refractivity contribution in [2.45, 2.75) is 0 Å². The molecule has 0 spiro atoms. The van der Waals surface area contributed by atoms with Gasteiger partial charge in [-0.25, -0.2) is 4.39 Å². The van der Waals surface area contributed by atoms with Crippen molar-refractivity contribution in [3.63, 3.8) is 0 Å². The number of ketones is 1. The Kier molecular flexibility index (Phi) is 7.12. The normalized spacial score (nSPS) is 10.3. The summed E-state index contributed by atoms with van der Waals surface area (Å²) in [5.41, 5.74) is 0.513. The number of nitrogens with one attached hydrogen (secondary N) is 1. The van der Waals surface area contributed by atoms with Gasteiger partial charge >= 0.3 is 0 Å². The number of phenolic OH excluding ortho intramolecular Hbond substituents is 1. The van der Waals surface area contributed by atoms with Crippen LogP contribution in [-0.2, 0) is 4.79 Å². The lowest BCUT2D eigenvalue weighted by atomic mass is 10.00. The molecule has 0 fully saturated rings. The predicted molar refractivity (Wildman–Crippen MR) is 114 cm³/mol. The van der Waals surface area contributed by atoms with Crippen LogP contribution in [0.15, 0.2) is 60.9 Å². The quantitative estimate of drug-likeness (QED) is 0.393. The number of anilines is 1. The summed E-state index contributed by atoms with van der Waals surface area (Å²) in [4.78, 5) is 41.6. The summed E-state index contributed by atoms with van der Waals surface area (Å²) < 4.78 is 19.3. The number of aromatic nitrogens is 1. The third kappa shape index (κ3) is 4.89. The van der Waals surface area contributed by atoms with Crippen molar-refractivity contribution in [2.75, 3.05) is 25.1 Å². The zero-order valence-electron chi connectivity index (χ0n) is 17.1. The summed E-state index contributed by atoms with van der Waals surface area (Å²) in [7, 11) is 1.25. The van der Waals surface area contributed by atoms with Crippen molar-refractivity contribution in [1.82, 2.24) is 10.3 Å². The van der Waals surface area contributed by atoms with E-state index < -0.39 is 28.8 Å². The summed E-state index contributed by atoms with van der Waals surface area (Å²) in [6, 6.07) is 11.3. The highest BCUT2D eigenvalue weighted by Gasteiger charge is 2.22. The lowest BCUT2D eigenvalue weighted by Crippen LogP contribution is -2.34. The molecule has 3 rings (SSSR count). The number of hydrogen-bond donors (Lipinski definition) is 2. The topological polar surface area (TPSA) is 109 Å². The van der Waals surface area contributed by atoms with Gasteiger partial charge in [-0.05, 0) is 36.4 Å². The molecule has 0 saturated carbocycles. The van der Waals surface area contributed by atoms with E-state index in [1.54, 1.807) is 24.5 Å². The molecule has 2 N–H and O–H groups in total. The molecule has 0 bridgehead atoms. The molecular formula is C23H20FN3O5. The SMILES string of the molecule is COc1ccc(O)c(C(=O)c2ccc(C(=O)NCCN(C=O)c3ccncc3)cc2)c1F. The Morgan fingerprint density at radius 1 is 1.09 bits per heavy atom. The van der Waals surface area contributed by atoms with Crippen LogP contribution in [0.2, 0.25) is 0 Å². The maximum absolute atomic E-state index is 14.4. The average Bonchev–Trinajstić information content (AvgIpc) is 2.82. The predicted octanol–water partition coefficient (Wildman–Crippen LogP) is 2.56. The van der Waals surface area contributed by atoms with Crippen LogP contribution in [-0.4, -0.2) is 48.4 Å². The van der Waals surface area contributed by atoms with Crippen molar-refractivity contribution >= 4 is 23.8 Å². The van der Waals surface area contributed by atoms with Gasteiger partial charge in [0, 0.05) is 42.3 Å². The fraction of sp³-hybridized carbons (Fsp3) is 0.130. The third-order valence-electron chi connectivity index (χ3n) is 4.70. The number of carbonyl (C=O) groups is 3. The van der Waals surface area contributed by atoms with E-state index in [-0.39, 0.29) is 30.0 Å². The van der Waals surface area contributed by atoms with Crippen LogP contribution < -0.4 is 15.0 Å². The number of pyridine rings is 1. The zero-order valence-corrected chi connectivity index (χ0v) is 17.1. The van der Waals surface area contributed by atoms with Crippen molar-refractivity contribution in [2.24, 2.45) is 0 Å². The number of ether oxygens (including phenoxy) is 1. The van der Waals surface area contributed by atoms with Gasteiger partial charge in [0.05, 0.1) is 7.11 Å². The van der Waals surface area contributed by atoms with Crippen LogP contribution in [0.4, 0.5) is 10.1 Å². The molecule has 0 unspecified atom stereocenters. The van der Waals surface area contributed by atoms with E-state index in [0.29, 0.717) is 12.1 Å². The summed E-state index contributed by atoms with van der Waals surface area (Å²) in [6.45, 7) is 0.452. The van der Waals surface area contributed by atoms with E-state index in [2.05, 4.69) is 10.3 Å². The molecule has 32 heavy (non-hydrogen) atoms. The highest BCUT2D eigenvalue weighted by Crippen LogP contribution is 2.30. The second kappa shape index (κ2) is 10.2. The van der Waals surface area contributed by atoms with Gasteiger partial charge < -0.3 is 20.1 Å². The first-order chi connectivity index (χ1) is 15.5. The van der Waals surface area contributed by atoms with Crippen LogP contribution in [0.25, 0.3) is 0 Å². The molecule has 0 atom stereocenters. The third-order valence-corrected chi connectivity index (χ3v) is 4.70. The van der Waals surface area contributed by atoms with Crippen molar-refractivity contribution in [3.8, 4) is 11.5 Å². The minimum atomic E-state index is -0.965. The van der Waals surface area contributed by atoms with Crippen LogP contribution in [0, 0.1) is 5.82 Å². The van der Waals surface area contributed by atoms with Crippen molar-refractivity contribution < 1.29 is 28.6 Å². The molecule has 2 aromatic carbocycles. The van der Waals surface area contributed by atoms with Crippen molar-refractivity contribution in [1.29, 1.82) is 0 Å². The van der Waals surface area contributed by atoms with E-state index in [9.17, 15) is 23.9 Å². The van der Waals surface area contributed by atoms with E-state index >= 15 is 0 Å². The Balaban J connectivity index is 1.65. The van der Waals surface area contributed by atoms with Gasteiger partial charge in [-0.1, -0.05) is 12.1 Å². The standard InChI is InChI=1S/C23H20FN3O5/c1-32-19-7-6-18(29)20(21(19)24)22(30)15-2-4-16(5-3-15)23(31)26-12-13-27(14-28)17-8-10-25-11-9-17/h2-11,14,29H,12-13H2,1H3,(H,26,31). The Morgan fingerprint density at radius 3 is 2.38 bits per heavy atom. The summed E-state index contributed by atoms with van der Waals surface area (Å²) in [6.07, 6.45) is 3.78. The maximum Gasteiger partial charge on any atom is 0.251 e. The first kappa shape index (κ1) is 22.4. The Bertz CT molecular complexity index is 1120. The summed E-state index contributed by atoms with van der Waals surface area (Å²) in [5.74, 6) is -2.79. The molecule has 0 saturated heterocycles. The highest BCUT2D eigenvalue weighted by atomic mass is 19.1. The number of aromatic hydroxyl groups is 1. The summed E-state index contributed by atoms with van der Waals surface area (Å²) >= 11 is 0. The lowest BCUT2D eigenvalue weighted by molar-refractivity contribution is -0.107. The molecule has 8 nitrogen and oxygen atoms in total. The van der Waals surface area contributed by atoms with E-state index in [4.69, 9.17) is 4.74 Å². The lowest BCUT2D eigenvalue weighted by Gasteiger charge is -2.17. The van der Waals surface area contributed by atoms with E-state index in [1.165, 1.54) is 48.4 Å². The number of benzene rings is 2. The largest absolute Gasteiger partial charge is 0.507 e. The maximum atomic E-state index is 14.4. The molecular weight excluding hydrogens is 417 g/mol. The van der Waals surface area contributed by atoms with Gasteiger partial charge in [-0.2, -0.15) is 0 Å². The number of methoxy groups -OCH3 is 1. The minimum Gasteiger partial charge on any atom is -0.507 e. The minimum absolute atomic E-state index is 0.0915. The van der Waals surface area contributed by atoms with Gasteiger partial charge in [0.2, 0.25) is 6.41 Å². The Labute approximate surface area is 183 Å². The van der Waals surface area contributed by atoms with Crippen molar-refractivity contribution in [3.05, 3.63) is 83.4 Å². The molecule has 0 aliphatic carbocycles. The van der Waals surface area contributed by atoms with Gasteiger partial charge in [0.1, 0.15) is 11.3 Å². The number of phenols is 1. The molecule has 1 aromatic heterocycles. The molecule has 2 amide bonds. The fourth-order valence-corrected chi connectivity index (χ4v) is 3.01. The fourth-order valence-electron chi connectivity index (χ4n) is 3.01. The first-order valence-corrected chi connectivity index (χ1v) is 9.56. The van der Waals surface area contributed by atoms with Crippen LogP contribution in [0.5, 0.6) is 11.5 Å². The molecule has 0 aliphatic rings. The molecule has 9 heteroatoms. The number of nitrogens with zero attached hydrogens (tertiary/aromatic N) is 2. The summed E-state index contributed by atoms with van der Waals surface area (Å²) in [5, 5.41) is 12.6. The number of carbonyl (C=O) groups excluding carboxylic acids is 3. The number of rotatable bonds is 9. The molecule has 0 aliphatic heterocycles. The van der Waals surface area contributed by atoms with Gasteiger partial charge in [-0.15, -0.1) is 0 Å². The number of halogens is 1. The molecule has 1 heterocycles. The monoisotopic (exact) mass is 437 g/mol. The van der Waals surface area contributed by atoms with Crippen LogP contribution in [0.3, 0.4) is 0 Å². The first-order valence-electron chi connectivity index (χ1n) is 9.56. The molecule has 164 valence electrons. The highest BCUT2D eigenvalue weighted by molar-refractivity contribution is 6.11. The Hall–Kier alpha value is -4.27. The molecule has 0 radical (unpaired) electrons. The van der Waals surface area contributed by atoms with Crippen LogP contribution >= 0.6 is 0 Å². The molecule has 3 aromatic rings. The van der Waals surface area contributed by atoms with Gasteiger partial charge in [0.15, 0.2) is 17.3 Å². The second-order valence-electron chi connectivity index (χ2n) is 6.64. The van der Waals surface area contributed by atoms with Gasteiger partial charge in [0.25, 0.3) is 5.91 Å². The second-order valence-corrected chi connectivity index (χ2v) is 6.64. The zero-order chi connectivity index (χ0) is 23.1.